The number of amides is 1. The third-order valence-electron chi connectivity index (χ3n) is 3.87. The van der Waals surface area contributed by atoms with E-state index in [1.54, 1.807) is 0 Å². The molecule has 1 amide bonds. The molecule has 2 atom stereocenters. The molecule has 0 bridgehead atoms. The number of carboxylic acid groups (broad SMARTS) is 1. The molecule has 1 aliphatic heterocycles. The minimum Gasteiger partial charge on any atom is -0.480 e. The fourth-order valence-corrected chi connectivity index (χ4v) is 2.68. The van der Waals surface area contributed by atoms with Gasteiger partial charge >= 0.3 is 12.1 Å². The maximum Gasteiger partial charge on any atom is 0.416 e. The molecule has 2 rings (SSSR count). The zero-order valence-electron chi connectivity index (χ0n) is 12.8. The molecule has 0 spiro atoms. The van der Waals surface area contributed by atoms with Crippen molar-refractivity contribution in [1.29, 1.82) is 0 Å². The van der Waals surface area contributed by atoms with E-state index in [1.807, 2.05) is 0 Å². The molecular weight excluding hydrogens is 327 g/mol. The smallest absolute Gasteiger partial charge is 0.416 e. The number of carboxylic acids is 1. The van der Waals surface area contributed by atoms with Gasteiger partial charge in [-0.1, -0.05) is 18.2 Å². The van der Waals surface area contributed by atoms with Crippen LogP contribution in [0.1, 0.15) is 24.0 Å². The van der Waals surface area contributed by atoms with Crippen LogP contribution in [0, 0.1) is 5.92 Å². The fraction of sp³-hybridized carbons (Fsp3) is 0.500. The Bertz CT molecular complexity index is 597. The lowest BCUT2D eigenvalue weighted by Crippen LogP contribution is -2.48. The van der Waals surface area contributed by atoms with Crippen molar-refractivity contribution in [2.75, 3.05) is 13.2 Å². The van der Waals surface area contributed by atoms with Crippen molar-refractivity contribution in [3.05, 3.63) is 35.4 Å². The summed E-state index contributed by atoms with van der Waals surface area (Å²) in [6.45, 7) is 0.793. The van der Waals surface area contributed by atoms with Crippen LogP contribution in [-0.2, 0) is 26.9 Å². The first-order chi connectivity index (χ1) is 11.3. The first-order valence-electron chi connectivity index (χ1n) is 7.53. The highest BCUT2D eigenvalue weighted by Gasteiger charge is 2.32. The van der Waals surface area contributed by atoms with Gasteiger partial charge in [0.15, 0.2) is 0 Å². The molecule has 5 nitrogen and oxygen atoms in total. The molecule has 1 fully saturated rings. The molecule has 132 valence electrons. The number of halogens is 3. The Morgan fingerprint density at radius 2 is 2.12 bits per heavy atom. The van der Waals surface area contributed by atoms with E-state index in [-0.39, 0.29) is 24.5 Å². The van der Waals surface area contributed by atoms with E-state index in [4.69, 9.17) is 4.74 Å². The van der Waals surface area contributed by atoms with Gasteiger partial charge in [-0.3, -0.25) is 4.79 Å². The van der Waals surface area contributed by atoms with Crippen molar-refractivity contribution >= 4 is 11.9 Å². The number of carbonyl (C=O) groups excluding carboxylic acids is 1. The van der Waals surface area contributed by atoms with Gasteiger partial charge in [-0.25, -0.2) is 4.79 Å². The second-order valence-electron chi connectivity index (χ2n) is 5.74. The van der Waals surface area contributed by atoms with Gasteiger partial charge in [0.2, 0.25) is 5.91 Å². The first kappa shape index (κ1) is 18.3. The van der Waals surface area contributed by atoms with Crippen molar-refractivity contribution in [2.24, 2.45) is 5.92 Å². The summed E-state index contributed by atoms with van der Waals surface area (Å²) in [6, 6.07) is 3.31. The highest BCUT2D eigenvalue weighted by molar-refractivity contribution is 5.85. The van der Waals surface area contributed by atoms with Gasteiger partial charge < -0.3 is 15.2 Å². The van der Waals surface area contributed by atoms with Gasteiger partial charge in [-0.05, 0) is 24.5 Å². The summed E-state index contributed by atoms with van der Waals surface area (Å²) in [5, 5.41) is 11.7. The highest BCUT2D eigenvalue weighted by atomic mass is 19.4. The van der Waals surface area contributed by atoms with E-state index in [0.717, 1.165) is 12.1 Å². The lowest BCUT2D eigenvalue weighted by molar-refractivity contribution is -0.145. The summed E-state index contributed by atoms with van der Waals surface area (Å²) < 4.78 is 43.2. The molecule has 1 heterocycles. The Labute approximate surface area is 136 Å². The third-order valence-corrected chi connectivity index (χ3v) is 3.87. The predicted octanol–water partition coefficient (Wildman–Crippen LogP) is 2.24. The minimum absolute atomic E-state index is 0.173. The molecule has 8 heteroatoms. The standard InChI is InChI=1S/C16H18F3NO4/c17-16(18,19)12-5-1-3-10(7-12)8-13(21)20-14(15(22)23)11-4-2-6-24-9-11/h1,3,5,7,11,14H,2,4,6,8-9H2,(H,20,21)(H,22,23). The van der Waals surface area contributed by atoms with Crippen LogP contribution in [0.5, 0.6) is 0 Å². The van der Waals surface area contributed by atoms with Gasteiger partial charge in [0.25, 0.3) is 0 Å². The zero-order chi connectivity index (χ0) is 17.7. The lowest BCUT2D eigenvalue weighted by Gasteiger charge is -2.28. The third kappa shape index (κ3) is 4.95. The molecule has 1 aromatic carbocycles. The molecule has 1 aromatic rings. The van der Waals surface area contributed by atoms with E-state index < -0.39 is 29.7 Å². The second-order valence-corrected chi connectivity index (χ2v) is 5.74. The summed E-state index contributed by atoms with van der Waals surface area (Å²) in [4.78, 5) is 23.4. The summed E-state index contributed by atoms with van der Waals surface area (Å²) in [7, 11) is 0. The molecule has 0 radical (unpaired) electrons. The molecule has 1 aliphatic rings. The normalized spacial score (nSPS) is 19.5. The van der Waals surface area contributed by atoms with Gasteiger partial charge in [0.05, 0.1) is 18.6 Å². The van der Waals surface area contributed by atoms with Crippen LogP contribution in [0.2, 0.25) is 0 Å². The molecule has 24 heavy (non-hydrogen) atoms. The largest absolute Gasteiger partial charge is 0.480 e. The van der Waals surface area contributed by atoms with E-state index in [2.05, 4.69) is 5.32 Å². The van der Waals surface area contributed by atoms with Gasteiger partial charge in [-0.15, -0.1) is 0 Å². The highest BCUT2D eigenvalue weighted by Crippen LogP contribution is 2.29. The number of alkyl halides is 3. The maximum absolute atomic E-state index is 12.7. The molecule has 1 saturated heterocycles. The van der Waals surface area contributed by atoms with Crippen molar-refractivity contribution in [3.63, 3.8) is 0 Å². The molecular formula is C16H18F3NO4. The number of hydrogen-bond donors (Lipinski definition) is 2. The number of benzene rings is 1. The number of aliphatic carboxylic acids is 1. The Kier molecular flexibility index (Phi) is 5.82. The number of hydrogen-bond acceptors (Lipinski definition) is 3. The van der Waals surface area contributed by atoms with E-state index >= 15 is 0 Å². The van der Waals surface area contributed by atoms with Crippen LogP contribution in [-0.4, -0.2) is 36.2 Å². The fourth-order valence-electron chi connectivity index (χ4n) is 2.68. The van der Waals surface area contributed by atoms with Crippen LogP contribution in [0.4, 0.5) is 13.2 Å². The molecule has 2 N–H and O–H groups in total. The van der Waals surface area contributed by atoms with Gasteiger partial charge in [0.1, 0.15) is 6.04 Å². The first-order valence-corrected chi connectivity index (χ1v) is 7.53. The summed E-state index contributed by atoms with van der Waals surface area (Å²) in [6.07, 6.45) is -3.49. The zero-order valence-corrected chi connectivity index (χ0v) is 12.8. The Balaban J connectivity index is 2.02. The minimum atomic E-state index is -4.49. The molecule has 2 unspecified atom stereocenters. The maximum atomic E-state index is 12.7. The lowest BCUT2D eigenvalue weighted by atomic mass is 9.93. The van der Waals surface area contributed by atoms with Gasteiger partial charge in [0, 0.05) is 12.5 Å². The van der Waals surface area contributed by atoms with Crippen LogP contribution >= 0.6 is 0 Å². The SMILES string of the molecule is O=C(Cc1cccc(C(F)(F)F)c1)NC(C(=O)O)C1CCCOC1. The Morgan fingerprint density at radius 1 is 1.38 bits per heavy atom. The van der Waals surface area contributed by atoms with Crippen molar-refractivity contribution in [2.45, 2.75) is 31.5 Å². The van der Waals surface area contributed by atoms with Crippen molar-refractivity contribution < 1.29 is 32.6 Å². The van der Waals surface area contributed by atoms with Crippen LogP contribution in [0.25, 0.3) is 0 Å². The molecule has 0 saturated carbocycles. The number of rotatable bonds is 5. The monoisotopic (exact) mass is 345 g/mol. The molecule has 0 aromatic heterocycles. The van der Waals surface area contributed by atoms with Crippen molar-refractivity contribution in [1.82, 2.24) is 5.32 Å². The van der Waals surface area contributed by atoms with Crippen molar-refractivity contribution in [3.8, 4) is 0 Å². The predicted molar refractivity (Wildman–Crippen MR) is 78.3 cm³/mol. The Hall–Kier alpha value is -2.09. The van der Waals surface area contributed by atoms with E-state index in [0.29, 0.717) is 19.4 Å². The van der Waals surface area contributed by atoms with Crippen LogP contribution in [0.15, 0.2) is 24.3 Å². The van der Waals surface area contributed by atoms with Crippen LogP contribution in [0.3, 0.4) is 0 Å². The van der Waals surface area contributed by atoms with E-state index in [1.165, 1.54) is 12.1 Å². The summed E-state index contributed by atoms with van der Waals surface area (Å²) in [5.74, 6) is -2.16. The topological polar surface area (TPSA) is 75.6 Å². The quantitative estimate of drug-likeness (QED) is 0.858. The summed E-state index contributed by atoms with van der Waals surface area (Å²) >= 11 is 0. The average molecular weight is 345 g/mol. The number of carbonyl (C=O) groups is 2. The van der Waals surface area contributed by atoms with E-state index in [9.17, 15) is 27.9 Å². The molecule has 0 aliphatic carbocycles. The van der Waals surface area contributed by atoms with Gasteiger partial charge in [-0.2, -0.15) is 13.2 Å². The average Bonchev–Trinajstić information content (AvgIpc) is 2.52. The van der Waals surface area contributed by atoms with Crippen LogP contribution < -0.4 is 5.32 Å². The summed E-state index contributed by atoms with van der Waals surface area (Å²) in [5.41, 5.74) is -0.672. The second kappa shape index (κ2) is 7.65. The number of nitrogens with one attached hydrogen (secondary N) is 1. The number of ether oxygens (including phenoxy) is 1. The Morgan fingerprint density at radius 3 is 2.71 bits per heavy atom.